The van der Waals surface area contributed by atoms with E-state index in [2.05, 4.69) is 11.8 Å². The Kier molecular flexibility index (Phi) is 6.28. The second-order valence-electron chi connectivity index (χ2n) is 3.21. The van der Waals surface area contributed by atoms with Gasteiger partial charge in [-0.05, 0) is 19.5 Å². The minimum atomic E-state index is -2.80. The zero-order chi connectivity index (χ0) is 10.3. The summed E-state index contributed by atoms with van der Waals surface area (Å²) in [6, 6.07) is 0. The molecule has 2 N–H and O–H groups in total. The molecule has 0 spiro atoms. The molecule has 0 aromatic heterocycles. The summed E-state index contributed by atoms with van der Waals surface area (Å²) in [5.41, 5.74) is 5.40. The lowest BCUT2D eigenvalue weighted by Crippen LogP contribution is -2.31. The predicted molar refractivity (Wildman–Crippen MR) is 55.5 cm³/mol. The van der Waals surface area contributed by atoms with E-state index in [9.17, 15) is 8.42 Å². The third-order valence-corrected chi connectivity index (χ3v) is 2.91. The molecule has 0 aliphatic heterocycles. The van der Waals surface area contributed by atoms with E-state index in [-0.39, 0.29) is 5.75 Å². The van der Waals surface area contributed by atoms with Crippen molar-refractivity contribution in [1.82, 2.24) is 4.90 Å². The predicted octanol–water partition coefficient (Wildman–Crippen LogP) is -0.298. The molecule has 0 unspecified atom stereocenters. The van der Waals surface area contributed by atoms with Gasteiger partial charge in [-0.2, -0.15) is 0 Å². The average molecular weight is 208 g/mol. The largest absolute Gasteiger partial charge is 0.329 e. The van der Waals surface area contributed by atoms with Gasteiger partial charge in [0.25, 0.3) is 0 Å². The van der Waals surface area contributed by atoms with Gasteiger partial charge < -0.3 is 10.6 Å². The lowest BCUT2D eigenvalue weighted by molar-refractivity contribution is 0.297. The van der Waals surface area contributed by atoms with Crippen molar-refractivity contribution in [2.24, 2.45) is 5.73 Å². The summed E-state index contributed by atoms with van der Waals surface area (Å²) in [6.07, 6.45) is 1.97. The second-order valence-corrected chi connectivity index (χ2v) is 5.47. The third-order valence-electron chi connectivity index (χ3n) is 1.88. The van der Waals surface area contributed by atoms with Gasteiger partial charge in [0.2, 0.25) is 0 Å². The van der Waals surface area contributed by atoms with Crippen molar-refractivity contribution in [3.8, 4) is 0 Å². The molecule has 13 heavy (non-hydrogen) atoms. The summed E-state index contributed by atoms with van der Waals surface area (Å²) in [4.78, 5) is 2.16. The van der Waals surface area contributed by atoms with Crippen molar-refractivity contribution in [3.05, 3.63) is 0 Å². The molecule has 4 nitrogen and oxygen atoms in total. The molecule has 0 aromatic carbocycles. The van der Waals surface area contributed by atoms with Gasteiger partial charge in [-0.25, -0.2) is 8.42 Å². The summed E-state index contributed by atoms with van der Waals surface area (Å²) < 4.78 is 21.6. The molecular formula is C8H20N2O2S. The highest BCUT2D eigenvalue weighted by molar-refractivity contribution is 7.90. The zero-order valence-corrected chi connectivity index (χ0v) is 9.31. The summed E-state index contributed by atoms with van der Waals surface area (Å²) in [5, 5.41) is 0. The fourth-order valence-electron chi connectivity index (χ4n) is 1.16. The maximum absolute atomic E-state index is 10.8. The van der Waals surface area contributed by atoms with Crippen LogP contribution >= 0.6 is 0 Å². The van der Waals surface area contributed by atoms with Crippen LogP contribution in [0.15, 0.2) is 0 Å². The summed E-state index contributed by atoms with van der Waals surface area (Å²) in [6.45, 7) is 5.28. The van der Waals surface area contributed by atoms with Crippen LogP contribution in [0.5, 0.6) is 0 Å². The van der Waals surface area contributed by atoms with Gasteiger partial charge in [-0.1, -0.05) is 6.92 Å². The van der Waals surface area contributed by atoms with Crippen molar-refractivity contribution in [3.63, 3.8) is 0 Å². The van der Waals surface area contributed by atoms with Crippen molar-refractivity contribution in [2.75, 3.05) is 38.2 Å². The highest BCUT2D eigenvalue weighted by Crippen LogP contribution is 1.93. The summed E-state index contributed by atoms with van der Waals surface area (Å²) >= 11 is 0. The summed E-state index contributed by atoms with van der Waals surface area (Å²) in [5.74, 6) is 0.272. The second kappa shape index (κ2) is 6.34. The Balaban J connectivity index is 3.61. The van der Waals surface area contributed by atoms with Crippen molar-refractivity contribution < 1.29 is 8.42 Å². The molecule has 0 saturated heterocycles. The topological polar surface area (TPSA) is 63.4 Å². The van der Waals surface area contributed by atoms with E-state index in [1.807, 2.05) is 0 Å². The van der Waals surface area contributed by atoms with E-state index in [1.54, 1.807) is 0 Å². The monoisotopic (exact) mass is 208 g/mol. The summed E-state index contributed by atoms with van der Waals surface area (Å²) in [7, 11) is -2.80. The molecule has 80 valence electrons. The van der Waals surface area contributed by atoms with Gasteiger partial charge in [-0.15, -0.1) is 0 Å². The van der Waals surface area contributed by atoms with E-state index < -0.39 is 9.84 Å². The van der Waals surface area contributed by atoms with Crippen LogP contribution in [0.2, 0.25) is 0 Å². The Morgan fingerprint density at radius 3 is 2.31 bits per heavy atom. The molecule has 0 bridgehead atoms. The Morgan fingerprint density at radius 2 is 1.92 bits per heavy atom. The molecule has 0 aromatic rings. The van der Waals surface area contributed by atoms with Crippen LogP contribution in [0.4, 0.5) is 0 Å². The van der Waals surface area contributed by atoms with Crippen molar-refractivity contribution in [2.45, 2.75) is 13.3 Å². The maximum atomic E-state index is 10.8. The standard InChI is InChI=1S/C8H20N2O2S/c1-3-10(7-5-9)6-4-8-13(2,11)12/h3-9H2,1-2H3. The quantitative estimate of drug-likeness (QED) is 0.624. The number of nitrogens with two attached hydrogens (primary N) is 1. The van der Waals surface area contributed by atoms with Crippen LogP contribution in [0.3, 0.4) is 0 Å². The number of nitrogens with zero attached hydrogens (tertiary/aromatic N) is 1. The first-order valence-electron chi connectivity index (χ1n) is 4.59. The lowest BCUT2D eigenvalue weighted by atomic mass is 10.4. The van der Waals surface area contributed by atoms with Gasteiger partial charge in [0, 0.05) is 19.3 Å². The maximum Gasteiger partial charge on any atom is 0.147 e. The first kappa shape index (κ1) is 12.9. The molecule has 0 aliphatic carbocycles. The van der Waals surface area contributed by atoms with E-state index in [1.165, 1.54) is 6.26 Å². The van der Waals surface area contributed by atoms with E-state index in [4.69, 9.17) is 5.73 Å². The van der Waals surface area contributed by atoms with Gasteiger partial charge >= 0.3 is 0 Å². The fourth-order valence-corrected chi connectivity index (χ4v) is 1.81. The van der Waals surface area contributed by atoms with Crippen LogP contribution in [-0.4, -0.2) is 51.5 Å². The van der Waals surface area contributed by atoms with Crippen molar-refractivity contribution in [1.29, 1.82) is 0 Å². The first-order valence-corrected chi connectivity index (χ1v) is 6.65. The first-order chi connectivity index (χ1) is 5.99. The van der Waals surface area contributed by atoms with E-state index >= 15 is 0 Å². The highest BCUT2D eigenvalue weighted by atomic mass is 32.2. The smallest absolute Gasteiger partial charge is 0.147 e. The minimum absolute atomic E-state index is 0.272. The molecule has 0 aliphatic rings. The van der Waals surface area contributed by atoms with Gasteiger partial charge in [-0.3, -0.25) is 0 Å². The Labute approximate surface area is 81.0 Å². The molecular weight excluding hydrogens is 188 g/mol. The number of hydrogen-bond donors (Lipinski definition) is 1. The Bertz CT molecular complexity index is 214. The minimum Gasteiger partial charge on any atom is -0.329 e. The molecule has 0 saturated carbocycles. The Morgan fingerprint density at radius 1 is 1.31 bits per heavy atom. The number of rotatable bonds is 7. The molecule has 0 rings (SSSR count). The molecule has 0 radical (unpaired) electrons. The van der Waals surface area contributed by atoms with Gasteiger partial charge in [0.05, 0.1) is 5.75 Å². The fraction of sp³-hybridized carbons (Fsp3) is 1.00. The van der Waals surface area contributed by atoms with Crippen LogP contribution in [0, 0.1) is 0 Å². The molecule has 0 atom stereocenters. The number of sulfone groups is 1. The number of likely N-dealkylation sites (N-methyl/N-ethyl adjacent to an activating group) is 1. The van der Waals surface area contributed by atoms with Gasteiger partial charge in [0.15, 0.2) is 0 Å². The van der Waals surface area contributed by atoms with Crippen LogP contribution in [-0.2, 0) is 9.84 Å². The van der Waals surface area contributed by atoms with E-state index in [0.29, 0.717) is 13.0 Å². The lowest BCUT2D eigenvalue weighted by Gasteiger charge is -2.18. The normalized spacial score (nSPS) is 12.3. The molecule has 0 amide bonds. The third kappa shape index (κ3) is 8.21. The van der Waals surface area contributed by atoms with Crippen LogP contribution in [0.25, 0.3) is 0 Å². The molecule has 5 heteroatoms. The van der Waals surface area contributed by atoms with Crippen LogP contribution in [0.1, 0.15) is 13.3 Å². The van der Waals surface area contributed by atoms with Crippen molar-refractivity contribution >= 4 is 9.84 Å². The average Bonchev–Trinajstić information content (AvgIpc) is 2.01. The Hall–Kier alpha value is -0.130. The molecule has 0 fully saturated rings. The van der Waals surface area contributed by atoms with Crippen LogP contribution < -0.4 is 5.73 Å². The highest BCUT2D eigenvalue weighted by Gasteiger charge is 2.04. The SMILES string of the molecule is CCN(CCN)CCCS(C)(=O)=O. The van der Waals surface area contributed by atoms with Gasteiger partial charge in [0.1, 0.15) is 9.84 Å². The van der Waals surface area contributed by atoms with E-state index in [0.717, 1.165) is 19.6 Å². The zero-order valence-electron chi connectivity index (χ0n) is 8.49. The molecule has 0 heterocycles. The number of hydrogen-bond acceptors (Lipinski definition) is 4.